The molecule has 0 aliphatic heterocycles. The van der Waals surface area contributed by atoms with Crippen LogP contribution < -0.4 is 5.32 Å². The number of hydrogen-bond acceptors (Lipinski definition) is 2. The van der Waals surface area contributed by atoms with Crippen molar-refractivity contribution >= 4 is 17.4 Å². The molecule has 1 amide bonds. The Balaban J connectivity index is 1.96. The predicted octanol–water partition coefficient (Wildman–Crippen LogP) is 5.46. The van der Waals surface area contributed by atoms with Crippen molar-refractivity contribution in [1.29, 1.82) is 0 Å². The van der Waals surface area contributed by atoms with Gasteiger partial charge in [0.25, 0.3) is 0 Å². The van der Waals surface area contributed by atoms with Gasteiger partial charge < -0.3 is 5.32 Å². The smallest absolute Gasteiger partial charge is 0.309 e. The van der Waals surface area contributed by atoms with Crippen molar-refractivity contribution in [3.05, 3.63) is 65.2 Å². The number of aromatic nitrogens is 2. The Morgan fingerprint density at radius 1 is 1.07 bits per heavy atom. The quantitative estimate of drug-likeness (QED) is 0.584. The maximum absolute atomic E-state index is 13.8. The van der Waals surface area contributed by atoms with E-state index >= 15 is 0 Å². The molecular weight excluding hydrogens is 386 g/mol. The summed E-state index contributed by atoms with van der Waals surface area (Å²) in [6.07, 6.45) is -2.75. The first-order chi connectivity index (χ1) is 13.4. The topological polar surface area (TPSA) is 46.4 Å². The van der Waals surface area contributed by atoms with E-state index in [1.165, 1.54) is 34.9 Å². The zero-order chi connectivity index (χ0) is 21.4. The minimum atomic E-state index is -4.42. The second-order valence-corrected chi connectivity index (χ2v) is 8.14. The van der Waals surface area contributed by atoms with Gasteiger partial charge in [0.2, 0.25) is 5.91 Å². The number of fused-ring (bicyclic) bond motifs is 1. The SMILES string of the molecule is CC(C)(C)CC(=O)Nc1nc2ccc(F)cn2c1Cc1ccc(C(F)(F)F)cc1. The minimum Gasteiger partial charge on any atom is -0.309 e. The Labute approximate surface area is 165 Å². The van der Waals surface area contributed by atoms with Gasteiger partial charge in [-0.1, -0.05) is 32.9 Å². The van der Waals surface area contributed by atoms with Gasteiger partial charge >= 0.3 is 6.18 Å². The number of anilines is 1. The lowest BCUT2D eigenvalue weighted by Gasteiger charge is -2.17. The zero-order valence-electron chi connectivity index (χ0n) is 16.3. The van der Waals surface area contributed by atoms with Crippen LogP contribution >= 0.6 is 0 Å². The molecule has 154 valence electrons. The molecule has 2 heterocycles. The van der Waals surface area contributed by atoms with Crippen molar-refractivity contribution in [1.82, 2.24) is 9.38 Å². The van der Waals surface area contributed by atoms with Gasteiger partial charge in [0, 0.05) is 19.0 Å². The van der Waals surface area contributed by atoms with E-state index in [9.17, 15) is 22.4 Å². The minimum absolute atomic E-state index is 0.174. The van der Waals surface area contributed by atoms with E-state index in [-0.39, 0.29) is 30.0 Å². The van der Waals surface area contributed by atoms with E-state index in [4.69, 9.17) is 0 Å². The standard InChI is InChI=1S/C21H21F4N3O/c1-20(2,3)11-18(29)27-19-16(28-12-15(22)8-9-17(28)26-19)10-13-4-6-14(7-5-13)21(23,24)25/h4-9,12H,10-11H2,1-3H3,(H,27,29). The van der Waals surface area contributed by atoms with Crippen LogP contribution in [-0.4, -0.2) is 15.3 Å². The number of pyridine rings is 1. The molecule has 0 spiro atoms. The fourth-order valence-corrected chi connectivity index (χ4v) is 3.00. The first-order valence-corrected chi connectivity index (χ1v) is 9.05. The van der Waals surface area contributed by atoms with Gasteiger partial charge in [0.1, 0.15) is 11.5 Å². The molecule has 2 aromatic heterocycles. The molecule has 4 nitrogen and oxygen atoms in total. The number of nitrogens with zero attached hydrogens (tertiary/aromatic N) is 2. The van der Waals surface area contributed by atoms with Crippen molar-refractivity contribution in [3.63, 3.8) is 0 Å². The molecule has 0 aliphatic rings. The van der Waals surface area contributed by atoms with Crippen molar-refractivity contribution < 1.29 is 22.4 Å². The normalized spacial score (nSPS) is 12.4. The van der Waals surface area contributed by atoms with Crippen molar-refractivity contribution in [2.45, 2.75) is 39.8 Å². The summed E-state index contributed by atoms with van der Waals surface area (Å²) >= 11 is 0. The van der Waals surface area contributed by atoms with Crippen molar-refractivity contribution in [3.8, 4) is 0 Å². The zero-order valence-corrected chi connectivity index (χ0v) is 16.3. The van der Waals surface area contributed by atoms with Crippen LogP contribution in [0, 0.1) is 11.2 Å². The Morgan fingerprint density at radius 2 is 1.72 bits per heavy atom. The largest absolute Gasteiger partial charge is 0.416 e. The number of alkyl halides is 3. The van der Waals surface area contributed by atoms with Crippen LogP contribution in [0.4, 0.5) is 23.4 Å². The molecule has 1 N–H and O–H groups in total. The van der Waals surface area contributed by atoms with E-state index in [0.29, 0.717) is 16.9 Å². The van der Waals surface area contributed by atoms with E-state index < -0.39 is 17.6 Å². The number of benzene rings is 1. The summed E-state index contributed by atoms with van der Waals surface area (Å²) in [5, 5.41) is 2.76. The van der Waals surface area contributed by atoms with Crippen molar-refractivity contribution in [2.75, 3.05) is 5.32 Å². The fraction of sp³-hybridized carbons (Fsp3) is 0.333. The summed E-state index contributed by atoms with van der Waals surface area (Å²) in [6.45, 7) is 5.78. The molecule has 0 saturated heterocycles. The van der Waals surface area contributed by atoms with E-state index in [1.54, 1.807) is 0 Å². The van der Waals surface area contributed by atoms with Crippen LogP contribution in [0.15, 0.2) is 42.6 Å². The van der Waals surface area contributed by atoms with Gasteiger partial charge in [-0.25, -0.2) is 9.37 Å². The third kappa shape index (κ3) is 5.13. The van der Waals surface area contributed by atoms with Crippen LogP contribution in [0.2, 0.25) is 0 Å². The van der Waals surface area contributed by atoms with Crippen LogP contribution in [-0.2, 0) is 17.4 Å². The third-order valence-corrected chi connectivity index (χ3v) is 4.28. The highest BCUT2D eigenvalue weighted by atomic mass is 19.4. The monoisotopic (exact) mass is 407 g/mol. The Hall–Kier alpha value is -2.90. The summed E-state index contributed by atoms with van der Waals surface area (Å²) in [4.78, 5) is 16.7. The Bertz CT molecular complexity index is 1030. The lowest BCUT2D eigenvalue weighted by Crippen LogP contribution is -2.20. The van der Waals surface area contributed by atoms with Crippen LogP contribution in [0.5, 0.6) is 0 Å². The average molecular weight is 407 g/mol. The summed E-state index contributed by atoms with van der Waals surface area (Å²) in [5.41, 5.74) is 0.517. The van der Waals surface area contributed by atoms with Gasteiger partial charge in [-0.2, -0.15) is 13.2 Å². The molecule has 0 saturated carbocycles. The molecular formula is C21H21F4N3O. The number of imidazole rings is 1. The molecule has 1 aromatic carbocycles. The second kappa shape index (κ2) is 7.50. The summed E-state index contributed by atoms with van der Waals surface area (Å²) in [5.74, 6) is -0.462. The third-order valence-electron chi connectivity index (χ3n) is 4.28. The fourth-order valence-electron chi connectivity index (χ4n) is 3.00. The van der Waals surface area contributed by atoms with E-state index in [0.717, 1.165) is 12.1 Å². The van der Waals surface area contributed by atoms with E-state index in [1.807, 2.05) is 20.8 Å². The molecule has 0 atom stereocenters. The molecule has 3 aromatic rings. The van der Waals surface area contributed by atoms with Gasteiger partial charge in [-0.05, 0) is 35.2 Å². The van der Waals surface area contributed by atoms with Crippen LogP contribution in [0.25, 0.3) is 5.65 Å². The summed E-state index contributed by atoms with van der Waals surface area (Å²) in [7, 11) is 0. The Morgan fingerprint density at radius 3 is 2.31 bits per heavy atom. The lowest BCUT2D eigenvalue weighted by molar-refractivity contribution is -0.137. The lowest BCUT2D eigenvalue weighted by atomic mass is 9.92. The molecule has 29 heavy (non-hydrogen) atoms. The molecule has 0 aliphatic carbocycles. The molecule has 8 heteroatoms. The Kier molecular flexibility index (Phi) is 5.38. The second-order valence-electron chi connectivity index (χ2n) is 8.14. The highest BCUT2D eigenvalue weighted by molar-refractivity contribution is 5.91. The van der Waals surface area contributed by atoms with Crippen LogP contribution in [0.3, 0.4) is 0 Å². The predicted molar refractivity (Wildman–Crippen MR) is 102 cm³/mol. The van der Waals surface area contributed by atoms with E-state index in [2.05, 4.69) is 10.3 Å². The molecule has 3 rings (SSSR count). The number of amides is 1. The average Bonchev–Trinajstić information content (AvgIpc) is 2.89. The highest BCUT2D eigenvalue weighted by Crippen LogP contribution is 2.30. The molecule has 0 bridgehead atoms. The molecule has 0 unspecified atom stereocenters. The number of halogens is 4. The number of nitrogens with one attached hydrogen (secondary N) is 1. The number of hydrogen-bond donors (Lipinski definition) is 1. The van der Waals surface area contributed by atoms with Crippen LogP contribution in [0.1, 0.15) is 44.0 Å². The van der Waals surface area contributed by atoms with Gasteiger partial charge in [0.05, 0.1) is 11.3 Å². The molecule has 0 radical (unpaired) electrons. The summed E-state index contributed by atoms with van der Waals surface area (Å²) < 4.78 is 53.6. The maximum atomic E-state index is 13.8. The summed E-state index contributed by atoms with van der Waals surface area (Å²) in [6, 6.07) is 7.45. The molecule has 0 fully saturated rings. The number of carbonyl (C=O) groups excluding carboxylic acids is 1. The van der Waals surface area contributed by atoms with Crippen molar-refractivity contribution in [2.24, 2.45) is 5.41 Å². The van der Waals surface area contributed by atoms with Gasteiger partial charge in [-0.15, -0.1) is 0 Å². The first-order valence-electron chi connectivity index (χ1n) is 9.05. The van der Waals surface area contributed by atoms with Gasteiger partial charge in [0.15, 0.2) is 5.82 Å². The number of rotatable bonds is 4. The highest BCUT2D eigenvalue weighted by Gasteiger charge is 2.30. The first kappa shape index (κ1) is 20.8. The maximum Gasteiger partial charge on any atom is 0.416 e. The number of carbonyl (C=O) groups is 1. The van der Waals surface area contributed by atoms with Gasteiger partial charge in [-0.3, -0.25) is 9.20 Å².